The van der Waals surface area contributed by atoms with Crippen LogP contribution in [0.1, 0.15) is 25.0 Å². The van der Waals surface area contributed by atoms with Crippen molar-refractivity contribution in [1.29, 1.82) is 0 Å². The third-order valence-corrected chi connectivity index (χ3v) is 12.2. The molecule has 0 heterocycles. The van der Waals surface area contributed by atoms with Gasteiger partial charge in [-0.1, -0.05) is 159 Å². The Kier molecular flexibility index (Phi) is 7.55. The summed E-state index contributed by atoms with van der Waals surface area (Å²) in [6.45, 7) is 4.76. The Bertz CT molecular complexity index is 3130. The van der Waals surface area contributed by atoms with E-state index in [1.807, 2.05) is 0 Å². The van der Waals surface area contributed by atoms with E-state index in [9.17, 15) is 0 Å². The Hall–Kier alpha value is -7.16. The molecule has 270 valence electrons. The Balaban J connectivity index is 1.01. The van der Waals surface area contributed by atoms with E-state index in [0.717, 1.165) is 22.7 Å². The first-order chi connectivity index (χ1) is 28.0. The molecule has 0 N–H and O–H groups in total. The van der Waals surface area contributed by atoms with Crippen LogP contribution in [0.2, 0.25) is 0 Å². The molecule has 1 aliphatic rings. The summed E-state index contributed by atoms with van der Waals surface area (Å²) in [5.41, 5.74) is 11.9. The monoisotopic (exact) mass is 728 g/mol. The summed E-state index contributed by atoms with van der Waals surface area (Å²) < 4.78 is 0. The van der Waals surface area contributed by atoms with Gasteiger partial charge in [0.25, 0.3) is 0 Å². The Morgan fingerprint density at radius 2 is 0.772 bits per heavy atom. The van der Waals surface area contributed by atoms with Crippen LogP contribution in [0.25, 0.3) is 54.2 Å². The molecule has 2 nitrogen and oxygen atoms in total. The van der Waals surface area contributed by atoms with Gasteiger partial charge in [0.1, 0.15) is 0 Å². The summed E-state index contributed by atoms with van der Waals surface area (Å²) in [7, 11) is 0. The fraction of sp³-hybridized carbons (Fsp3) is 0.0545. The molecule has 10 aromatic carbocycles. The first kappa shape index (κ1) is 33.2. The van der Waals surface area contributed by atoms with Gasteiger partial charge in [-0.3, -0.25) is 0 Å². The summed E-state index contributed by atoms with van der Waals surface area (Å²) in [4.78, 5) is 4.81. The molecule has 0 bridgehead atoms. The summed E-state index contributed by atoms with van der Waals surface area (Å²) >= 11 is 0. The first-order valence-electron chi connectivity index (χ1n) is 19.8. The van der Waals surface area contributed by atoms with E-state index in [1.165, 1.54) is 76.7 Å². The van der Waals surface area contributed by atoms with Crippen molar-refractivity contribution in [3.63, 3.8) is 0 Å². The van der Waals surface area contributed by atoms with Crippen molar-refractivity contribution < 1.29 is 0 Å². The lowest BCUT2D eigenvalue weighted by Gasteiger charge is -2.29. The number of hydrogen-bond donors (Lipinski definition) is 0. The molecule has 0 fully saturated rings. The van der Waals surface area contributed by atoms with E-state index in [1.54, 1.807) is 0 Å². The van der Waals surface area contributed by atoms with E-state index >= 15 is 0 Å². The van der Waals surface area contributed by atoms with Crippen LogP contribution >= 0.6 is 0 Å². The lowest BCUT2D eigenvalue weighted by molar-refractivity contribution is 0.663. The van der Waals surface area contributed by atoms with Crippen molar-refractivity contribution >= 4 is 77.2 Å². The van der Waals surface area contributed by atoms with Gasteiger partial charge in [0, 0.05) is 38.9 Å². The summed E-state index contributed by atoms with van der Waals surface area (Å²) in [5, 5.41) is 10.3. The van der Waals surface area contributed by atoms with Crippen LogP contribution in [0.15, 0.2) is 206 Å². The SMILES string of the molecule is CC1(C)c2cccc3ccc4cc(N(c5ccc(-c6ccc(N(c7ccccc7)c7cccc8ccccc78)cc6)cc5)c5cccc6ccccc56)cc1c4c23. The van der Waals surface area contributed by atoms with Crippen LogP contribution in [0.5, 0.6) is 0 Å². The highest BCUT2D eigenvalue weighted by molar-refractivity contribution is 6.16. The maximum atomic E-state index is 2.45. The molecule has 0 atom stereocenters. The van der Waals surface area contributed by atoms with E-state index in [2.05, 4.69) is 230 Å². The second kappa shape index (κ2) is 13.0. The van der Waals surface area contributed by atoms with Gasteiger partial charge in [0.2, 0.25) is 0 Å². The molecular weight excluding hydrogens is 689 g/mol. The van der Waals surface area contributed by atoms with Gasteiger partial charge in [-0.2, -0.15) is 0 Å². The second-order valence-corrected chi connectivity index (χ2v) is 15.8. The molecule has 2 heteroatoms. The Labute approximate surface area is 333 Å². The minimum atomic E-state index is -0.110. The highest BCUT2D eigenvalue weighted by Gasteiger charge is 2.35. The molecule has 57 heavy (non-hydrogen) atoms. The third-order valence-electron chi connectivity index (χ3n) is 12.2. The van der Waals surface area contributed by atoms with E-state index in [-0.39, 0.29) is 5.41 Å². The van der Waals surface area contributed by atoms with Gasteiger partial charge in [-0.15, -0.1) is 0 Å². The van der Waals surface area contributed by atoms with E-state index in [4.69, 9.17) is 0 Å². The fourth-order valence-electron chi connectivity index (χ4n) is 9.36. The highest BCUT2D eigenvalue weighted by Crippen LogP contribution is 2.51. The smallest absolute Gasteiger partial charge is 0.0540 e. The number of fused-ring (bicyclic) bond motifs is 2. The highest BCUT2D eigenvalue weighted by atomic mass is 15.1. The lowest BCUT2D eigenvalue weighted by atomic mass is 9.81. The molecule has 0 saturated carbocycles. The molecule has 0 aliphatic heterocycles. The average Bonchev–Trinajstić information content (AvgIpc) is 3.50. The maximum absolute atomic E-state index is 2.45. The van der Waals surface area contributed by atoms with Gasteiger partial charge in [-0.05, 0) is 115 Å². The zero-order valence-corrected chi connectivity index (χ0v) is 32.0. The normalized spacial score (nSPS) is 12.9. The Morgan fingerprint density at radius 3 is 1.39 bits per heavy atom. The van der Waals surface area contributed by atoms with Crippen LogP contribution in [0, 0.1) is 0 Å². The third kappa shape index (κ3) is 5.33. The van der Waals surface area contributed by atoms with Crippen molar-refractivity contribution in [2.24, 2.45) is 0 Å². The molecule has 0 saturated heterocycles. The molecule has 0 unspecified atom stereocenters. The summed E-state index contributed by atoms with van der Waals surface area (Å²) in [5.74, 6) is 0. The van der Waals surface area contributed by atoms with Crippen molar-refractivity contribution in [3.05, 3.63) is 217 Å². The van der Waals surface area contributed by atoms with E-state index < -0.39 is 0 Å². The zero-order chi connectivity index (χ0) is 38.1. The molecular formula is C55H40N2. The predicted octanol–water partition coefficient (Wildman–Crippen LogP) is 15.5. The molecule has 0 aromatic heterocycles. The number of benzene rings is 10. The van der Waals surface area contributed by atoms with Crippen LogP contribution < -0.4 is 9.80 Å². The fourth-order valence-corrected chi connectivity index (χ4v) is 9.36. The second-order valence-electron chi connectivity index (χ2n) is 15.8. The van der Waals surface area contributed by atoms with Gasteiger partial charge in [-0.25, -0.2) is 0 Å². The van der Waals surface area contributed by atoms with Gasteiger partial charge in [0.05, 0.1) is 11.4 Å². The quantitative estimate of drug-likeness (QED) is 0.151. The first-order valence-corrected chi connectivity index (χ1v) is 19.8. The molecule has 1 aliphatic carbocycles. The molecule has 0 amide bonds. The van der Waals surface area contributed by atoms with Crippen molar-refractivity contribution in [1.82, 2.24) is 0 Å². The van der Waals surface area contributed by atoms with Crippen LogP contribution in [-0.4, -0.2) is 0 Å². The number of para-hydroxylation sites is 1. The van der Waals surface area contributed by atoms with Gasteiger partial charge < -0.3 is 9.80 Å². The topological polar surface area (TPSA) is 6.48 Å². The van der Waals surface area contributed by atoms with Crippen molar-refractivity contribution in [2.75, 3.05) is 9.80 Å². The standard InChI is InChI=1S/C55H40N2/c1-55(2)49-22-10-17-41-25-26-42-35-46(36-50(55)54(42)53(41)49)57(52-24-12-16-40-14-7-9-21-48(40)52)45-33-29-38(30-34-45)37-27-31-44(32-28-37)56(43-18-4-3-5-19-43)51-23-11-15-39-13-6-8-20-47(39)51/h3-36H,1-2H3. The van der Waals surface area contributed by atoms with Crippen molar-refractivity contribution in [3.8, 4) is 11.1 Å². The molecule has 10 aromatic rings. The lowest BCUT2D eigenvalue weighted by Crippen LogP contribution is -2.17. The van der Waals surface area contributed by atoms with Crippen LogP contribution in [-0.2, 0) is 5.41 Å². The maximum Gasteiger partial charge on any atom is 0.0540 e. The Morgan fingerprint density at radius 1 is 0.316 bits per heavy atom. The van der Waals surface area contributed by atoms with Crippen molar-refractivity contribution in [2.45, 2.75) is 19.3 Å². The minimum Gasteiger partial charge on any atom is -0.310 e. The molecule has 0 spiro atoms. The number of anilines is 6. The zero-order valence-electron chi connectivity index (χ0n) is 32.0. The van der Waals surface area contributed by atoms with E-state index in [0.29, 0.717) is 0 Å². The number of hydrogen-bond acceptors (Lipinski definition) is 2. The number of nitrogens with zero attached hydrogens (tertiary/aromatic N) is 2. The number of rotatable bonds is 7. The summed E-state index contributed by atoms with van der Waals surface area (Å²) in [6, 6.07) is 75.5. The largest absolute Gasteiger partial charge is 0.310 e. The average molecular weight is 729 g/mol. The minimum absolute atomic E-state index is 0.110. The molecule has 11 rings (SSSR count). The summed E-state index contributed by atoms with van der Waals surface area (Å²) in [6.07, 6.45) is 0. The van der Waals surface area contributed by atoms with Crippen LogP contribution in [0.3, 0.4) is 0 Å². The van der Waals surface area contributed by atoms with Gasteiger partial charge >= 0.3 is 0 Å². The predicted molar refractivity (Wildman–Crippen MR) is 243 cm³/mol. The van der Waals surface area contributed by atoms with Crippen LogP contribution in [0.4, 0.5) is 34.1 Å². The molecule has 0 radical (unpaired) electrons. The van der Waals surface area contributed by atoms with Gasteiger partial charge in [0.15, 0.2) is 0 Å².